The molecule has 2 atom stereocenters. The molecule has 5 heteroatoms. The van der Waals surface area contributed by atoms with Gasteiger partial charge in [-0.05, 0) is 30.9 Å². The molecule has 2 unspecified atom stereocenters. The van der Waals surface area contributed by atoms with Crippen LogP contribution >= 0.6 is 0 Å². The first-order chi connectivity index (χ1) is 8.08. The largest absolute Gasteiger partial charge is 0.376 e. The number of benzene rings is 1. The number of nitro groups is 1. The molecule has 1 N–H and O–H groups in total. The monoisotopic (exact) mass is 238 g/mol. The average Bonchev–Trinajstić information content (AvgIpc) is 2.67. The fraction of sp³-hybridized carbons (Fsp3) is 0.500. The van der Waals surface area contributed by atoms with Crippen molar-refractivity contribution >= 4 is 11.4 Å². The highest BCUT2D eigenvalue weighted by Gasteiger charge is 2.25. The molecule has 0 amide bonds. The molecule has 1 aromatic rings. The first kappa shape index (κ1) is 11.8. The van der Waals surface area contributed by atoms with E-state index in [1.54, 1.807) is 0 Å². The van der Waals surface area contributed by atoms with Crippen molar-refractivity contribution in [2.75, 3.05) is 5.32 Å². The quantitative estimate of drug-likeness (QED) is 0.649. The molecule has 0 aromatic heterocycles. The number of halogens is 1. The van der Waals surface area contributed by atoms with E-state index in [0.29, 0.717) is 11.6 Å². The van der Waals surface area contributed by atoms with Crippen molar-refractivity contribution in [1.29, 1.82) is 0 Å². The number of nitro benzene ring substituents is 1. The van der Waals surface area contributed by atoms with Gasteiger partial charge in [-0.25, -0.2) is 4.39 Å². The SMILES string of the molecule is CC1CCCC1Nc1ccc(F)cc1[N+](=O)[O-]. The van der Waals surface area contributed by atoms with Gasteiger partial charge in [0.1, 0.15) is 11.5 Å². The van der Waals surface area contributed by atoms with Gasteiger partial charge in [-0.1, -0.05) is 13.3 Å². The summed E-state index contributed by atoms with van der Waals surface area (Å²) in [4.78, 5) is 10.3. The van der Waals surface area contributed by atoms with E-state index >= 15 is 0 Å². The maximum atomic E-state index is 13.0. The number of nitrogens with one attached hydrogen (secondary N) is 1. The van der Waals surface area contributed by atoms with Crippen LogP contribution in [-0.2, 0) is 0 Å². The lowest BCUT2D eigenvalue weighted by Gasteiger charge is -2.18. The van der Waals surface area contributed by atoms with E-state index in [2.05, 4.69) is 12.2 Å². The molecule has 1 fully saturated rings. The predicted molar refractivity (Wildman–Crippen MR) is 63.5 cm³/mol. The maximum absolute atomic E-state index is 13.0. The lowest BCUT2D eigenvalue weighted by molar-refractivity contribution is -0.384. The molecule has 1 aliphatic rings. The van der Waals surface area contributed by atoms with Crippen LogP contribution < -0.4 is 5.32 Å². The third-order valence-electron chi connectivity index (χ3n) is 3.36. The molecular formula is C12H15FN2O2. The molecule has 1 aromatic carbocycles. The Morgan fingerprint density at radius 3 is 2.82 bits per heavy atom. The summed E-state index contributed by atoms with van der Waals surface area (Å²) in [5, 5.41) is 14.0. The highest BCUT2D eigenvalue weighted by molar-refractivity contribution is 5.62. The van der Waals surface area contributed by atoms with E-state index < -0.39 is 10.7 Å². The van der Waals surface area contributed by atoms with Gasteiger partial charge >= 0.3 is 0 Å². The van der Waals surface area contributed by atoms with E-state index in [4.69, 9.17) is 0 Å². The Morgan fingerprint density at radius 2 is 2.24 bits per heavy atom. The molecule has 2 rings (SSSR count). The third kappa shape index (κ3) is 2.54. The van der Waals surface area contributed by atoms with Crippen molar-refractivity contribution in [3.63, 3.8) is 0 Å². The van der Waals surface area contributed by atoms with Gasteiger partial charge in [0, 0.05) is 6.04 Å². The summed E-state index contributed by atoms with van der Waals surface area (Å²) < 4.78 is 13.0. The summed E-state index contributed by atoms with van der Waals surface area (Å²) in [5.74, 6) is -0.0821. The molecular weight excluding hydrogens is 223 g/mol. The van der Waals surface area contributed by atoms with Crippen molar-refractivity contribution in [3.8, 4) is 0 Å². The van der Waals surface area contributed by atoms with Crippen LogP contribution in [0.3, 0.4) is 0 Å². The summed E-state index contributed by atoms with van der Waals surface area (Å²) in [7, 11) is 0. The van der Waals surface area contributed by atoms with E-state index in [1.807, 2.05) is 0 Å². The number of hydrogen-bond donors (Lipinski definition) is 1. The van der Waals surface area contributed by atoms with Gasteiger partial charge in [-0.15, -0.1) is 0 Å². The fourth-order valence-corrected chi connectivity index (χ4v) is 2.34. The molecule has 0 radical (unpaired) electrons. The minimum atomic E-state index is -0.582. The van der Waals surface area contributed by atoms with Crippen molar-refractivity contribution in [2.24, 2.45) is 5.92 Å². The lowest BCUT2D eigenvalue weighted by Crippen LogP contribution is -2.22. The second-order valence-electron chi connectivity index (χ2n) is 4.58. The smallest absolute Gasteiger partial charge is 0.295 e. The zero-order chi connectivity index (χ0) is 12.4. The van der Waals surface area contributed by atoms with E-state index in [0.717, 1.165) is 25.3 Å². The van der Waals surface area contributed by atoms with Crippen molar-refractivity contribution in [2.45, 2.75) is 32.2 Å². The Morgan fingerprint density at radius 1 is 1.47 bits per heavy atom. The van der Waals surface area contributed by atoms with Gasteiger partial charge in [0.15, 0.2) is 0 Å². The van der Waals surface area contributed by atoms with Crippen molar-refractivity contribution in [1.82, 2.24) is 0 Å². The third-order valence-corrected chi connectivity index (χ3v) is 3.36. The Hall–Kier alpha value is -1.65. The predicted octanol–water partition coefficient (Wildman–Crippen LogP) is 3.33. The zero-order valence-corrected chi connectivity index (χ0v) is 9.65. The summed E-state index contributed by atoms with van der Waals surface area (Å²) in [5.41, 5.74) is 0.222. The van der Waals surface area contributed by atoms with Crippen molar-refractivity contribution in [3.05, 3.63) is 34.1 Å². The van der Waals surface area contributed by atoms with Gasteiger partial charge in [-0.2, -0.15) is 0 Å². The second-order valence-corrected chi connectivity index (χ2v) is 4.58. The topological polar surface area (TPSA) is 55.2 Å². The maximum Gasteiger partial charge on any atom is 0.295 e. The van der Waals surface area contributed by atoms with Crippen LogP contribution in [0.25, 0.3) is 0 Å². The normalized spacial score (nSPS) is 23.6. The lowest BCUT2D eigenvalue weighted by atomic mass is 10.1. The average molecular weight is 238 g/mol. The van der Waals surface area contributed by atoms with Crippen LogP contribution in [0, 0.1) is 21.8 Å². The summed E-state index contributed by atoms with van der Waals surface area (Å²) in [6.45, 7) is 2.13. The second kappa shape index (κ2) is 4.69. The number of anilines is 1. The fourth-order valence-electron chi connectivity index (χ4n) is 2.34. The minimum absolute atomic E-state index is 0.191. The molecule has 4 nitrogen and oxygen atoms in total. The first-order valence-corrected chi connectivity index (χ1v) is 5.78. The number of hydrogen-bond acceptors (Lipinski definition) is 3. The number of rotatable bonds is 3. The Kier molecular flexibility index (Phi) is 3.26. The molecule has 0 saturated heterocycles. The van der Waals surface area contributed by atoms with Crippen LogP contribution in [0.1, 0.15) is 26.2 Å². The van der Waals surface area contributed by atoms with Crippen LogP contribution in [0.5, 0.6) is 0 Å². The van der Waals surface area contributed by atoms with Crippen LogP contribution in [0.4, 0.5) is 15.8 Å². The first-order valence-electron chi connectivity index (χ1n) is 5.78. The summed E-state index contributed by atoms with van der Waals surface area (Å²) in [6.07, 6.45) is 3.27. The Bertz CT molecular complexity index is 437. The van der Waals surface area contributed by atoms with Crippen LogP contribution in [0.15, 0.2) is 18.2 Å². The minimum Gasteiger partial charge on any atom is -0.376 e. The van der Waals surface area contributed by atoms with Gasteiger partial charge in [0.2, 0.25) is 0 Å². The van der Waals surface area contributed by atoms with Gasteiger partial charge in [-0.3, -0.25) is 10.1 Å². The standard InChI is InChI=1S/C12H15FN2O2/c1-8-3-2-4-10(8)14-11-6-5-9(13)7-12(11)15(16)17/h5-8,10,14H,2-4H2,1H3. The zero-order valence-electron chi connectivity index (χ0n) is 9.65. The molecule has 0 aliphatic heterocycles. The van der Waals surface area contributed by atoms with Gasteiger partial charge in [0.25, 0.3) is 5.69 Å². The van der Waals surface area contributed by atoms with Gasteiger partial charge in [0.05, 0.1) is 11.0 Å². The molecule has 0 spiro atoms. The van der Waals surface area contributed by atoms with Crippen LogP contribution in [-0.4, -0.2) is 11.0 Å². The molecule has 1 aliphatic carbocycles. The van der Waals surface area contributed by atoms with Gasteiger partial charge < -0.3 is 5.32 Å². The van der Waals surface area contributed by atoms with E-state index in [9.17, 15) is 14.5 Å². The highest BCUT2D eigenvalue weighted by Crippen LogP contribution is 2.32. The molecule has 1 saturated carbocycles. The Labute approximate surface area is 99.0 Å². The van der Waals surface area contributed by atoms with E-state index in [1.165, 1.54) is 12.1 Å². The van der Waals surface area contributed by atoms with Crippen LogP contribution in [0.2, 0.25) is 0 Å². The Balaban J connectivity index is 2.22. The van der Waals surface area contributed by atoms with E-state index in [-0.39, 0.29) is 11.7 Å². The molecule has 0 bridgehead atoms. The summed E-state index contributed by atoms with van der Waals surface area (Å²) >= 11 is 0. The molecule has 0 heterocycles. The molecule has 17 heavy (non-hydrogen) atoms. The highest BCUT2D eigenvalue weighted by atomic mass is 19.1. The molecule has 92 valence electrons. The number of nitrogens with zero attached hydrogens (tertiary/aromatic N) is 1. The summed E-state index contributed by atoms with van der Waals surface area (Å²) in [6, 6.07) is 3.90. The van der Waals surface area contributed by atoms with Crippen molar-refractivity contribution < 1.29 is 9.31 Å².